The van der Waals surface area contributed by atoms with E-state index in [9.17, 15) is 0 Å². The summed E-state index contributed by atoms with van der Waals surface area (Å²) in [4.78, 5) is 3.46. The van der Waals surface area contributed by atoms with Crippen LogP contribution in [0.25, 0.3) is 0 Å². The summed E-state index contributed by atoms with van der Waals surface area (Å²) in [5.74, 6) is 1.15. The molecule has 0 saturated carbocycles. The molecule has 0 aromatic heterocycles. The Morgan fingerprint density at radius 1 is 1.29 bits per heavy atom. The van der Waals surface area contributed by atoms with Crippen molar-refractivity contribution < 1.29 is 17.4 Å². The first kappa shape index (κ1) is 18.3. The molecule has 0 aromatic carbocycles. The lowest BCUT2D eigenvalue weighted by Gasteiger charge is -2.12. The minimum atomic E-state index is 0. The number of hydrogen-bond donors (Lipinski definition) is 3. The highest BCUT2D eigenvalue weighted by Crippen LogP contribution is 2.19. The standard InChI is InChI=1S/C17H31N3.ClH/c1-2-3-4-8-11-16-14-19-17(20-16)18-13-12-15-9-6-5-7-10-15;/h9,16H,2-8,10-14H2,1H3,(H2,18,19,20);1H. The number of nitrogens with one attached hydrogen (secondary N) is 3. The fourth-order valence-electron chi connectivity index (χ4n) is 3.12. The molecule has 2 rings (SSSR count). The van der Waals surface area contributed by atoms with Gasteiger partial charge in [0.25, 0.3) is 0 Å². The quantitative estimate of drug-likeness (QED) is 0.391. The Bertz CT molecular complexity index is 339. The Morgan fingerprint density at radius 3 is 2.95 bits per heavy atom. The summed E-state index contributed by atoms with van der Waals surface area (Å²) in [6.07, 6.45) is 15.8. The summed E-state index contributed by atoms with van der Waals surface area (Å²) in [6.45, 7) is 4.41. The summed E-state index contributed by atoms with van der Waals surface area (Å²) in [7, 11) is 0. The van der Waals surface area contributed by atoms with E-state index in [2.05, 4.69) is 28.6 Å². The first-order valence-electron chi connectivity index (χ1n) is 8.67. The first-order chi connectivity index (χ1) is 9.88. The summed E-state index contributed by atoms with van der Waals surface area (Å²) in [5, 5.41) is 7.09. The zero-order valence-electron chi connectivity index (χ0n) is 13.5. The average Bonchev–Trinajstić information content (AvgIpc) is 2.93. The number of unbranched alkanes of at least 4 members (excludes halogenated alkanes) is 3. The van der Waals surface area contributed by atoms with Gasteiger partial charge < -0.3 is 12.4 Å². The van der Waals surface area contributed by atoms with E-state index in [-0.39, 0.29) is 12.4 Å². The molecule has 0 saturated heterocycles. The molecule has 0 bridgehead atoms. The lowest BCUT2D eigenvalue weighted by atomic mass is 9.97. The molecule has 4 heteroatoms. The van der Waals surface area contributed by atoms with Crippen molar-refractivity contribution >= 4 is 5.96 Å². The highest BCUT2D eigenvalue weighted by Gasteiger charge is 2.22. The van der Waals surface area contributed by atoms with Crippen LogP contribution >= 0.6 is 0 Å². The molecular weight excluding hydrogens is 282 g/mol. The molecular formula is C17H32ClN3. The van der Waals surface area contributed by atoms with E-state index < -0.39 is 0 Å². The molecule has 0 fully saturated rings. The molecule has 1 unspecified atom stereocenters. The molecule has 0 radical (unpaired) electrons. The van der Waals surface area contributed by atoms with E-state index in [0.717, 1.165) is 19.0 Å². The van der Waals surface area contributed by atoms with Crippen LogP contribution in [-0.4, -0.2) is 25.1 Å². The Kier molecular flexibility index (Phi) is 9.56. The minimum absolute atomic E-state index is 0. The molecule has 0 amide bonds. The van der Waals surface area contributed by atoms with Crippen molar-refractivity contribution in [2.75, 3.05) is 13.1 Å². The van der Waals surface area contributed by atoms with Gasteiger partial charge in [0, 0.05) is 0 Å². The van der Waals surface area contributed by atoms with Gasteiger partial charge in [0.05, 0.1) is 13.1 Å². The molecule has 1 aliphatic carbocycles. The van der Waals surface area contributed by atoms with E-state index >= 15 is 0 Å². The average molecular weight is 314 g/mol. The molecule has 0 aromatic rings. The number of allylic oxidation sites excluding steroid dienone is 1. The zero-order valence-corrected chi connectivity index (χ0v) is 14.3. The highest BCUT2D eigenvalue weighted by atomic mass is 35.5. The van der Waals surface area contributed by atoms with Crippen molar-refractivity contribution in [3.63, 3.8) is 0 Å². The van der Waals surface area contributed by atoms with Crippen molar-refractivity contribution in [1.82, 2.24) is 10.6 Å². The van der Waals surface area contributed by atoms with Gasteiger partial charge in [-0.1, -0.05) is 37.8 Å². The van der Waals surface area contributed by atoms with Crippen LogP contribution in [-0.2, 0) is 0 Å². The maximum absolute atomic E-state index is 3.58. The van der Waals surface area contributed by atoms with Crippen LogP contribution in [0.4, 0.5) is 0 Å². The Balaban J connectivity index is 0.00000220. The van der Waals surface area contributed by atoms with E-state index in [1.807, 2.05) is 0 Å². The minimum Gasteiger partial charge on any atom is -1.00 e. The number of halogens is 1. The smallest absolute Gasteiger partial charge is 0.343 e. The third-order valence-electron chi connectivity index (χ3n) is 4.41. The number of rotatable bonds is 8. The molecule has 122 valence electrons. The number of guanidine groups is 1. The van der Waals surface area contributed by atoms with Crippen molar-refractivity contribution in [3.8, 4) is 0 Å². The normalized spacial score (nSPS) is 21.1. The van der Waals surface area contributed by atoms with Crippen molar-refractivity contribution in [2.45, 2.75) is 77.2 Å². The monoisotopic (exact) mass is 313 g/mol. The van der Waals surface area contributed by atoms with Gasteiger partial charge in [0.1, 0.15) is 6.04 Å². The van der Waals surface area contributed by atoms with E-state index in [1.54, 1.807) is 5.57 Å². The van der Waals surface area contributed by atoms with Gasteiger partial charge in [0.15, 0.2) is 0 Å². The molecule has 3 N–H and O–H groups in total. The maximum atomic E-state index is 3.58. The van der Waals surface area contributed by atoms with Crippen LogP contribution in [0.15, 0.2) is 11.6 Å². The highest BCUT2D eigenvalue weighted by molar-refractivity contribution is 5.75. The fraction of sp³-hybridized carbons (Fsp3) is 0.824. The summed E-state index contributed by atoms with van der Waals surface area (Å²) >= 11 is 0. The van der Waals surface area contributed by atoms with Crippen LogP contribution in [0.2, 0.25) is 0 Å². The van der Waals surface area contributed by atoms with Gasteiger partial charge in [-0.15, -0.1) is 0 Å². The predicted octanol–water partition coefficient (Wildman–Crippen LogP) is -1.15. The maximum Gasteiger partial charge on any atom is 0.343 e. The predicted molar refractivity (Wildman–Crippen MR) is 85.7 cm³/mol. The molecule has 21 heavy (non-hydrogen) atoms. The van der Waals surface area contributed by atoms with Crippen molar-refractivity contribution in [2.24, 2.45) is 0 Å². The Hall–Kier alpha value is -0.700. The van der Waals surface area contributed by atoms with E-state index in [0.29, 0.717) is 6.04 Å². The van der Waals surface area contributed by atoms with Crippen molar-refractivity contribution in [3.05, 3.63) is 11.6 Å². The van der Waals surface area contributed by atoms with E-state index in [4.69, 9.17) is 0 Å². The summed E-state index contributed by atoms with van der Waals surface area (Å²) in [5.41, 5.74) is 1.65. The topological polar surface area (TPSA) is 38.0 Å². The van der Waals surface area contributed by atoms with Crippen LogP contribution < -0.4 is 28.0 Å². The van der Waals surface area contributed by atoms with Crippen molar-refractivity contribution in [1.29, 1.82) is 0 Å². The molecule has 0 spiro atoms. The second kappa shape index (κ2) is 10.9. The Labute approximate surface area is 136 Å². The van der Waals surface area contributed by atoms with Crippen LogP contribution in [0.5, 0.6) is 0 Å². The lowest BCUT2D eigenvalue weighted by Crippen LogP contribution is -3.00. The second-order valence-corrected chi connectivity index (χ2v) is 6.23. The SMILES string of the molecule is CCCCCCC1C[NH+]=C(NCCC2=CCCCC2)N1.[Cl-]. The van der Waals surface area contributed by atoms with Crippen LogP contribution in [0.1, 0.15) is 71.1 Å². The number of hydrogen-bond acceptors (Lipinski definition) is 2. The lowest BCUT2D eigenvalue weighted by molar-refractivity contribution is -0.451. The molecule has 3 nitrogen and oxygen atoms in total. The third-order valence-corrected chi connectivity index (χ3v) is 4.41. The van der Waals surface area contributed by atoms with Gasteiger partial charge in [-0.25, -0.2) is 0 Å². The van der Waals surface area contributed by atoms with Crippen LogP contribution in [0, 0.1) is 0 Å². The van der Waals surface area contributed by atoms with Gasteiger partial charge in [-0.2, -0.15) is 0 Å². The largest absolute Gasteiger partial charge is 1.00 e. The zero-order chi connectivity index (χ0) is 14.0. The van der Waals surface area contributed by atoms with Gasteiger partial charge in [0.2, 0.25) is 0 Å². The molecule has 2 aliphatic rings. The van der Waals surface area contributed by atoms with Gasteiger partial charge in [-0.05, 0) is 44.9 Å². The summed E-state index contributed by atoms with van der Waals surface area (Å²) in [6, 6.07) is 0.628. The molecule has 1 atom stereocenters. The second-order valence-electron chi connectivity index (χ2n) is 6.23. The van der Waals surface area contributed by atoms with Crippen LogP contribution in [0.3, 0.4) is 0 Å². The van der Waals surface area contributed by atoms with Gasteiger partial charge >= 0.3 is 5.96 Å². The Morgan fingerprint density at radius 2 is 2.19 bits per heavy atom. The molecule has 1 aliphatic heterocycles. The third kappa shape index (κ3) is 7.21. The van der Waals surface area contributed by atoms with Gasteiger partial charge in [-0.3, -0.25) is 15.6 Å². The summed E-state index contributed by atoms with van der Waals surface area (Å²) < 4.78 is 0. The molecule has 1 heterocycles. The fourth-order valence-corrected chi connectivity index (χ4v) is 3.12. The van der Waals surface area contributed by atoms with E-state index in [1.165, 1.54) is 64.2 Å². The first-order valence-corrected chi connectivity index (χ1v) is 8.67.